The first-order valence-electron chi connectivity index (χ1n) is 15.4. The van der Waals surface area contributed by atoms with Gasteiger partial charge in [-0.25, -0.2) is 4.98 Å². The Hall–Kier alpha value is -5.55. The maximum Gasteiger partial charge on any atom is 0.238 e. The Balaban J connectivity index is 1.39. The van der Waals surface area contributed by atoms with Gasteiger partial charge in [0.1, 0.15) is 0 Å². The van der Waals surface area contributed by atoms with E-state index in [0.29, 0.717) is 17.6 Å². The first-order valence-corrected chi connectivity index (χ1v) is 15.4. The van der Waals surface area contributed by atoms with Crippen LogP contribution in [0, 0.1) is 0 Å². The fraction of sp³-hybridized carbons (Fsp3) is 0.103. The SMILES string of the molecule is c1ccc(-c2nc(-c3ccccc3)nc(-n3c4c(c5cc6c7ccccc7n(-c7ccccc7)c6cc53)CCCC4)n2)cc1. The molecule has 0 N–H and O–H groups in total. The molecule has 1 aliphatic rings. The monoisotopic (exact) mass is 567 g/mol. The summed E-state index contributed by atoms with van der Waals surface area (Å²) < 4.78 is 4.72. The standard InChI is InChI=1S/C39H29N5/c1-4-14-26(15-5-1)37-40-38(27-16-6-2-7-17-27)42-39(41-37)44-34-23-13-11-21-30(34)32-24-31-29-20-10-12-22-33(29)43(35(31)25-36(32)44)28-18-8-3-9-19-28/h1-10,12,14-20,22,24-25H,11,13,21,23H2. The van der Waals surface area contributed by atoms with Crippen molar-refractivity contribution in [3.63, 3.8) is 0 Å². The second-order valence-corrected chi connectivity index (χ2v) is 11.6. The molecule has 1 aliphatic carbocycles. The molecule has 5 aromatic carbocycles. The van der Waals surface area contributed by atoms with Gasteiger partial charge in [-0.1, -0.05) is 97.1 Å². The summed E-state index contributed by atoms with van der Waals surface area (Å²) in [4.78, 5) is 15.3. The van der Waals surface area contributed by atoms with Crippen molar-refractivity contribution in [2.45, 2.75) is 25.7 Å². The third kappa shape index (κ3) is 3.89. The molecule has 9 rings (SSSR count). The van der Waals surface area contributed by atoms with E-state index in [1.165, 1.54) is 44.9 Å². The van der Waals surface area contributed by atoms with Crippen LogP contribution in [0.2, 0.25) is 0 Å². The summed E-state index contributed by atoms with van der Waals surface area (Å²) in [7, 11) is 0. The molecular weight excluding hydrogens is 538 g/mol. The minimum absolute atomic E-state index is 0.674. The van der Waals surface area contributed by atoms with E-state index in [-0.39, 0.29) is 0 Å². The molecule has 8 aromatic rings. The topological polar surface area (TPSA) is 48.5 Å². The zero-order chi connectivity index (χ0) is 29.0. The Morgan fingerprint density at radius 3 is 1.75 bits per heavy atom. The van der Waals surface area contributed by atoms with Crippen molar-refractivity contribution in [3.8, 4) is 34.4 Å². The van der Waals surface area contributed by atoms with E-state index in [9.17, 15) is 0 Å². The Morgan fingerprint density at radius 2 is 1.05 bits per heavy atom. The minimum atomic E-state index is 0.674. The lowest BCUT2D eigenvalue weighted by Gasteiger charge is -2.16. The number of rotatable bonds is 4. The van der Waals surface area contributed by atoms with Crippen LogP contribution in [-0.2, 0) is 12.8 Å². The number of hydrogen-bond acceptors (Lipinski definition) is 3. The zero-order valence-corrected chi connectivity index (χ0v) is 24.2. The summed E-state index contributed by atoms with van der Waals surface area (Å²) in [6.45, 7) is 0. The second-order valence-electron chi connectivity index (χ2n) is 11.6. The summed E-state index contributed by atoms with van der Waals surface area (Å²) in [5, 5.41) is 3.84. The summed E-state index contributed by atoms with van der Waals surface area (Å²) >= 11 is 0. The Labute approximate surface area is 255 Å². The van der Waals surface area contributed by atoms with Gasteiger partial charge in [-0.2, -0.15) is 9.97 Å². The number of benzene rings is 5. The van der Waals surface area contributed by atoms with Gasteiger partial charge < -0.3 is 4.57 Å². The molecule has 0 spiro atoms. The molecule has 5 heteroatoms. The van der Waals surface area contributed by atoms with Crippen LogP contribution >= 0.6 is 0 Å². The van der Waals surface area contributed by atoms with Gasteiger partial charge in [0, 0.05) is 38.7 Å². The van der Waals surface area contributed by atoms with Gasteiger partial charge in [0.15, 0.2) is 11.6 Å². The van der Waals surface area contributed by atoms with Crippen LogP contribution in [0.25, 0.3) is 67.1 Å². The molecule has 0 atom stereocenters. The second kappa shape index (κ2) is 10.0. The average Bonchev–Trinajstić information content (AvgIpc) is 3.60. The van der Waals surface area contributed by atoms with Crippen LogP contribution in [0.3, 0.4) is 0 Å². The van der Waals surface area contributed by atoms with Crippen LogP contribution in [0.4, 0.5) is 0 Å². The molecule has 0 saturated heterocycles. The molecule has 3 aromatic heterocycles. The van der Waals surface area contributed by atoms with Crippen molar-refractivity contribution in [1.29, 1.82) is 0 Å². The maximum atomic E-state index is 5.17. The molecule has 0 bridgehead atoms. The molecule has 3 heterocycles. The number of fused-ring (bicyclic) bond motifs is 6. The van der Waals surface area contributed by atoms with Crippen LogP contribution < -0.4 is 0 Å². The predicted molar refractivity (Wildman–Crippen MR) is 179 cm³/mol. The van der Waals surface area contributed by atoms with E-state index in [2.05, 4.69) is 100 Å². The number of hydrogen-bond donors (Lipinski definition) is 0. The van der Waals surface area contributed by atoms with Crippen LogP contribution in [-0.4, -0.2) is 24.1 Å². The summed E-state index contributed by atoms with van der Waals surface area (Å²) in [5.74, 6) is 2.04. The van der Waals surface area contributed by atoms with Gasteiger partial charge in [0.2, 0.25) is 5.95 Å². The fourth-order valence-corrected chi connectivity index (χ4v) is 6.98. The lowest BCUT2D eigenvalue weighted by Crippen LogP contribution is -2.11. The Bertz CT molecular complexity index is 2260. The van der Waals surface area contributed by atoms with E-state index in [1.807, 2.05) is 36.4 Å². The highest BCUT2D eigenvalue weighted by molar-refractivity contribution is 6.14. The number of nitrogens with zero attached hydrogens (tertiary/aromatic N) is 5. The largest absolute Gasteiger partial charge is 0.309 e. The highest BCUT2D eigenvalue weighted by atomic mass is 15.2. The van der Waals surface area contributed by atoms with Gasteiger partial charge in [-0.3, -0.25) is 4.57 Å². The van der Waals surface area contributed by atoms with Crippen molar-refractivity contribution < 1.29 is 0 Å². The van der Waals surface area contributed by atoms with Crippen LogP contribution in [0.15, 0.2) is 127 Å². The minimum Gasteiger partial charge on any atom is -0.309 e. The molecule has 0 saturated carbocycles. The Morgan fingerprint density at radius 1 is 0.455 bits per heavy atom. The van der Waals surface area contributed by atoms with Gasteiger partial charge >= 0.3 is 0 Å². The highest BCUT2D eigenvalue weighted by Crippen LogP contribution is 2.40. The third-order valence-electron chi connectivity index (χ3n) is 8.97. The number of para-hydroxylation sites is 2. The normalized spacial score (nSPS) is 13.1. The summed E-state index contributed by atoms with van der Waals surface area (Å²) in [5.41, 5.74) is 9.38. The van der Waals surface area contributed by atoms with E-state index in [4.69, 9.17) is 15.0 Å². The first kappa shape index (κ1) is 25.0. The lowest BCUT2D eigenvalue weighted by atomic mass is 9.95. The van der Waals surface area contributed by atoms with E-state index < -0.39 is 0 Å². The molecule has 0 unspecified atom stereocenters. The molecule has 5 nitrogen and oxygen atoms in total. The van der Waals surface area contributed by atoms with Crippen molar-refractivity contribution in [2.75, 3.05) is 0 Å². The van der Waals surface area contributed by atoms with E-state index in [1.54, 1.807) is 0 Å². The first-order chi connectivity index (χ1) is 21.8. The van der Waals surface area contributed by atoms with Gasteiger partial charge in [-0.05, 0) is 61.6 Å². The van der Waals surface area contributed by atoms with Crippen molar-refractivity contribution in [2.24, 2.45) is 0 Å². The van der Waals surface area contributed by atoms with Crippen molar-refractivity contribution in [1.82, 2.24) is 24.1 Å². The van der Waals surface area contributed by atoms with E-state index >= 15 is 0 Å². The smallest absolute Gasteiger partial charge is 0.238 e. The summed E-state index contributed by atoms with van der Waals surface area (Å²) in [6, 6.07) is 44.6. The van der Waals surface area contributed by atoms with Gasteiger partial charge in [0.25, 0.3) is 0 Å². The van der Waals surface area contributed by atoms with Gasteiger partial charge in [0.05, 0.1) is 16.6 Å². The molecule has 210 valence electrons. The third-order valence-corrected chi connectivity index (χ3v) is 8.97. The predicted octanol–water partition coefficient (Wildman–Crippen LogP) is 9.13. The van der Waals surface area contributed by atoms with E-state index in [0.717, 1.165) is 41.6 Å². The molecule has 0 amide bonds. The molecule has 44 heavy (non-hydrogen) atoms. The highest BCUT2D eigenvalue weighted by Gasteiger charge is 2.25. The Kier molecular flexibility index (Phi) is 5.69. The fourth-order valence-electron chi connectivity index (χ4n) is 6.98. The van der Waals surface area contributed by atoms with Crippen molar-refractivity contribution in [3.05, 3.63) is 139 Å². The molecule has 0 radical (unpaired) electrons. The lowest BCUT2D eigenvalue weighted by molar-refractivity contribution is 0.661. The molecule has 0 fully saturated rings. The van der Waals surface area contributed by atoms with Gasteiger partial charge in [-0.15, -0.1) is 0 Å². The number of aromatic nitrogens is 5. The quantitative estimate of drug-likeness (QED) is 0.213. The maximum absolute atomic E-state index is 5.17. The van der Waals surface area contributed by atoms with Crippen LogP contribution in [0.1, 0.15) is 24.1 Å². The van der Waals surface area contributed by atoms with Crippen LogP contribution in [0.5, 0.6) is 0 Å². The van der Waals surface area contributed by atoms with Crippen molar-refractivity contribution >= 4 is 32.7 Å². The molecular formula is C39H29N5. The zero-order valence-electron chi connectivity index (χ0n) is 24.2. The number of aryl methyl sites for hydroxylation is 1. The average molecular weight is 568 g/mol. The summed E-state index contributed by atoms with van der Waals surface area (Å²) in [6.07, 6.45) is 4.41. The molecule has 0 aliphatic heterocycles.